The van der Waals surface area contributed by atoms with E-state index < -0.39 is 5.51 Å². The zero-order chi connectivity index (χ0) is 13.6. The molecule has 102 valence electrons. The summed E-state index contributed by atoms with van der Waals surface area (Å²) in [5, 5.41) is 2.85. The summed E-state index contributed by atoms with van der Waals surface area (Å²) in [6.07, 6.45) is 1.66. The number of thioether (sulfide) groups is 1. The number of rotatable bonds is 6. The van der Waals surface area contributed by atoms with E-state index in [-0.39, 0.29) is 24.1 Å². The Morgan fingerprint density at radius 3 is 2.72 bits per heavy atom. The lowest BCUT2D eigenvalue weighted by molar-refractivity contribution is -0.0327. The highest BCUT2D eigenvalue weighted by atomic mass is 79.9. The number of nitrogens with zero attached hydrogens (tertiary/aromatic N) is 2. The second-order valence-electron chi connectivity index (χ2n) is 3.46. The molecule has 0 atom stereocenters. The molecule has 18 heavy (non-hydrogen) atoms. The van der Waals surface area contributed by atoms with Crippen molar-refractivity contribution in [3.8, 4) is 0 Å². The van der Waals surface area contributed by atoms with Crippen LogP contribution in [0.3, 0.4) is 0 Å². The molecule has 1 rings (SSSR count). The fraction of sp³-hybridized carbons (Fsp3) is 0.600. The fourth-order valence-electron chi connectivity index (χ4n) is 1.24. The van der Waals surface area contributed by atoms with Crippen LogP contribution in [0.5, 0.6) is 0 Å². The van der Waals surface area contributed by atoms with E-state index in [0.717, 1.165) is 12.8 Å². The number of alkyl halides is 3. The van der Waals surface area contributed by atoms with Gasteiger partial charge in [-0.15, -0.1) is 0 Å². The summed E-state index contributed by atoms with van der Waals surface area (Å²) in [6, 6.07) is 1.65. The molecule has 0 amide bonds. The van der Waals surface area contributed by atoms with Gasteiger partial charge in [-0.3, -0.25) is 0 Å². The molecule has 0 aliphatic carbocycles. The minimum absolute atomic E-state index is 0.0461. The lowest BCUT2D eigenvalue weighted by atomic mass is 10.3. The van der Waals surface area contributed by atoms with Crippen molar-refractivity contribution in [3.05, 3.63) is 16.5 Å². The Bertz CT molecular complexity index is 387. The third-order valence-electron chi connectivity index (χ3n) is 1.89. The number of halogens is 4. The molecule has 0 aliphatic heterocycles. The second-order valence-corrected chi connectivity index (χ2v) is 5.44. The molecule has 1 heterocycles. The van der Waals surface area contributed by atoms with Crippen LogP contribution < -0.4 is 5.32 Å². The minimum Gasteiger partial charge on any atom is -0.369 e. The molecule has 0 saturated heterocycles. The van der Waals surface area contributed by atoms with Gasteiger partial charge in [-0.2, -0.15) is 13.2 Å². The van der Waals surface area contributed by atoms with Crippen LogP contribution in [-0.2, 0) is 6.42 Å². The minimum atomic E-state index is -4.18. The highest BCUT2D eigenvalue weighted by Gasteiger charge is 2.27. The second kappa shape index (κ2) is 7.18. The number of nitrogens with one attached hydrogen (secondary N) is 1. The molecule has 0 unspecified atom stereocenters. The van der Waals surface area contributed by atoms with Crippen LogP contribution in [0.2, 0.25) is 0 Å². The predicted molar refractivity (Wildman–Crippen MR) is 70.7 cm³/mol. The molecule has 0 spiro atoms. The van der Waals surface area contributed by atoms with Crippen LogP contribution in [0.4, 0.5) is 19.0 Å². The largest absolute Gasteiger partial charge is 0.441 e. The van der Waals surface area contributed by atoms with Gasteiger partial charge in [0, 0.05) is 24.8 Å². The Labute approximate surface area is 116 Å². The smallest absolute Gasteiger partial charge is 0.369 e. The molecule has 0 aliphatic rings. The maximum atomic E-state index is 11.9. The van der Waals surface area contributed by atoms with Crippen LogP contribution >= 0.6 is 27.7 Å². The Hall–Kier alpha value is -0.500. The molecule has 1 N–H and O–H groups in total. The molecule has 0 bridgehead atoms. The zero-order valence-electron chi connectivity index (χ0n) is 9.72. The maximum absolute atomic E-state index is 11.9. The monoisotopic (exact) mass is 343 g/mol. The lowest BCUT2D eigenvalue weighted by Crippen LogP contribution is -2.11. The SMILES string of the molecule is CCCc1nc(Br)cc(NCCSC(F)(F)F)n1. The number of hydrogen-bond acceptors (Lipinski definition) is 4. The first-order valence-electron chi connectivity index (χ1n) is 5.38. The van der Waals surface area contributed by atoms with Crippen LogP contribution in [0, 0.1) is 0 Å². The van der Waals surface area contributed by atoms with Crippen molar-refractivity contribution in [2.75, 3.05) is 17.6 Å². The first-order valence-corrected chi connectivity index (χ1v) is 7.16. The van der Waals surface area contributed by atoms with Crippen LogP contribution in [0.1, 0.15) is 19.2 Å². The zero-order valence-corrected chi connectivity index (χ0v) is 12.1. The van der Waals surface area contributed by atoms with Crippen LogP contribution in [0.25, 0.3) is 0 Å². The molecular formula is C10H13BrF3N3S. The van der Waals surface area contributed by atoms with Gasteiger partial charge in [0.15, 0.2) is 0 Å². The standard InChI is InChI=1S/C10H13BrF3N3S/c1-2-3-8-16-7(11)6-9(17-8)15-4-5-18-10(12,13)14/h6H,2-5H2,1H3,(H,15,16,17). The first-order chi connectivity index (χ1) is 8.40. The van der Waals surface area contributed by atoms with E-state index in [9.17, 15) is 13.2 Å². The van der Waals surface area contributed by atoms with E-state index in [1.807, 2.05) is 6.92 Å². The van der Waals surface area contributed by atoms with Crippen molar-refractivity contribution in [3.63, 3.8) is 0 Å². The van der Waals surface area contributed by atoms with Crippen LogP contribution in [-0.4, -0.2) is 27.8 Å². The van der Waals surface area contributed by atoms with Gasteiger partial charge in [0.25, 0.3) is 0 Å². The number of anilines is 1. The summed E-state index contributed by atoms with van der Waals surface area (Å²) in [4.78, 5) is 8.39. The van der Waals surface area contributed by atoms with E-state index in [2.05, 4.69) is 31.2 Å². The predicted octanol–water partition coefficient (Wildman–Crippen LogP) is 3.86. The molecule has 0 aromatic carbocycles. The Morgan fingerprint density at radius 1 is 1.39 bits per heavy atom. The number of aromatic nitrogens is 2. The van der Waals surface area contributed by atoms with Crippen molar-refractivity contribution in [1.82, 2.24) is 9.97 Å². The van der Waals surface area contributed by atoms with Gasteiger partial charge in [-0.1, -0.05) is 6.92 Å². The highest BCUT2D eigenvalue weighted by molar-refractivity contribution is 9.10. The molecule has 1 aromatic rings. The summed E-state index contributed by atoms with van der Waals surface area (Å²) in [7, 11) is 0. The van der Waals surface area contributed by atoms with Gasteiger partial charge < -0.3 is 5.32 Å². The summed E-state index contributed by atoms with van der Waals surface area (Å²) < 4.78 is 36.4. The molecule has 3 nitrogen and oxygen atoms in total. The van der Waals surface area contributed by atoms with Gasteiger partial charge >= 0.3 is 5.51 Å². The summed E-state index contributed by atoms with van der Waals surface area (Å²) >= 11 is 3.20. The molecular weight excluding hydrogens is 331 g/mol. The van der Waals surface area contributed by atoms with E-state index in [1.165, 1.54) is 0 Å². The van der Waals surface area contributed by atoms with Crippen molar-refractivity contribution in [2.24, 2.45) is 0 Å². The normalized spacial score (nSPS) is 11.6. The molecule has 8 heteroatoms. The maximum Gasteiger partial charge on any atom is 0.441 e. The average Bonchev–Trinajstić information content (AvgIpc) is 2.23. The van der Waals surface area contributed by atoms with E-state index in [0.29, 0.717) is 16.2 Å². The van der Waals surface area contributed by atoms with E-state index in [1.54, 1.807) is 6.07 Å². The van der Waals surface area contributed by atoms with Crippen molar-refractivity contribution < 1.29 is 13.2 Å². The van der Waals surface area contributed by atoms with Gasteiger partial charge in [-0.25, -0.2) is 9.97 Å². The molecule has 0 radical (unpaired) electrons. The molecule has 1 aromatic heterocycles. The fourth-order valence-corrected chi connectivity index (χ4v) is 2.09. The summed E-state index contributed by atoms with van der Waals surface area (Å²) in [6.45, 7) is 2.22. The van der Waals surface area contributed by atoms with Crippen molar-refractivity contribution in [1.29, 1.82) is 0 Å². The average molecular weight is 344 g/mol. The number of aryl methyl sites for hydroxylation is 1. The van der Waals surface area contributed by atoms with Gasteiger partial charge in [-0.05, 0) is 34.1 Å². The molecule has 0 fully saturated rings. The van der Waals surface area contributed by atoms with Crippen molar-refractivity contribution in [2.45, 2.75) is 25.3 Å². The first kappa shape index (κ1) is 15.6. The van der Waals surface area contributed by atoms with E-state index in [4.69, 9.17) is 0 Å². The van der Waals surface area contributed by atoms with Gasteiger partial charge in [0.1, 0.15) is 16.2 Å². The van der Waals surface area contributed by atoms with Gasteiger partial charge in [0.2, 0.25) is 0 Å². The van der Waals surface area contributed by atoms with Crippen molar-refractivity contribution >= 4 is 33.5 Å². The van der Waals surface area contributed by atoms with Crippen LogP contribution in [0.15, 0.2) is 10.7 Å². The topological polar surface area (TPSA) is 37.8 Å². The quantitative estimate of drug-likeness (QED) is 0.628. The lowest BCUT2D eigenvalue weighted by Gasteiger charge is -2.08. The number of hydrogen-bond donors (Lipinski definition) is 1. The Morgan fingerprint density at radius 2 is 2.11 bits per heavy atom. The van der Waals surface area contributed by atoms with Gasteiger partial charge in [0.05, 0.1) is 0 Å². The van der Waals surface area contributed by atoms with E-state index >= 15 is 0 Å². The highest BCUT2D eigenvalue weighted by Crippen LogP contribution is 2.29. The summed E-state index contributed by atoms with van der Waals surface area (Å²) in [5.41, 5.74) is -4.18. The Kier molecular flexibility index (Phi) is 6.20. The Balaban J connectivity index is 2.46. The molecule has 0 saturated carbocycles. The third-order valence-corrected chi connectivity index (χ3v) is 3.03. The third kappa shape index (κ3) is 6.44. The summed E-state index contributed by atoms with van der Waals surface area (Å²) in [5.74, 6) is 1.18.